The third kappa shape index (κ3) is 5.23. The van der Waals surface area contributed by atoms with Crippen LogP contribution in [0.2, 0.25) is 0 Å². The van der Waals surface area contributed by atoms with Crippen molar-refractivity contribution in [3.63, 3.8) is 0 Å². The number of carbonyl (C=O) groups is 1. The molecule has 0 aliphatic carbocycles. The molecule has 1 N–H and O–H groups in total. The van der Waals surface area contributed by atoms with Crippen molar-refractivity contribution in [1.82, 2.24) is 19.9 Å². The summed E-state index contributed by atoms with van der Waals surface area (Å²) < 4.78 is 20.6. The third-order valence-electron chi connectivity index (χ3n) is 6.02. The van der Waals surface area contributed by atoms with Gasteiger partial charge in [-0.05, 0) is 36.8 Å². The van der Waals surface area contributed by atoms with Crippen molar-refractivity contribution in [2.24, 2.45) is 0 Å². The van der Waals surface area contributed by atoms with Gasteiger partial charge in [0.2, 0.25) is 11.8 Å². The van der Waals surface area contributed by atoms with Crippen molar-refractivity contribution >= 4 is 38.4 Å². The fourth-order valence-corrected chi connectivity index (χ4v) is 5.13. The summed E-state index contributed by atoms with van der Waals surface area (Å²) in [5.74, 6) is 1.40. The molecule has 0 bridgehead atoms. The summed E-state index contributed by atoms with van der Waals surface area (Å²) in [7, 11) is 0. The Morgan fingerprint density at radius 2 is 1.91 bits per heavy atom. The number of fused-ring (bicyclic) bond motifs is 1. The highest BCUT2D eigenvalue weighted by molar-refractivity contribution is 7.22. The fourth-order valence-electron chi connectivity index (χ4n) is 4.20. The molecular weight excluding hydrogens is 467 g/mol. The number of carbonyl (C=O) groups excluding carboxylic acids is 1. The van der Waals surface area contributed by atoms with Crippen molar-refractivity contribution < 1.29 is 13.9 Å². The van der Waals surface area contributed by atoms with Crippen molar-refractivity contribution in [3.8, 4) is 11.6 Å². The Balaban J connectivity index is 1.27. The SMILES string of the molecule is CC(=O)Nc1nc2c(Oc3cc(N4CCN(C(C)c5cccc(F)c5)CC4)ncn3)cccc2s1. The minimum atomic E-state index is -0.207. The van der Waals surface area contributed by atoms with E-state index in [0.717, 1.165) is 42.3 Å². The largest absolute Gasteiger partial charge is 0.437 e. The van der Waals surface area contributed by atoms with Crippen LogP contribution >= 0.6 is 11.3 Å². The number of hydrogen-bond donors (Lipinski definition) is 1. The lowest BCUT2D eigenvalue weighted by Crippen LogP contribution is -2.47. The zero-order valence-corrected chi connectivity index (χ0v) is 20.3. The van der Waals surface area contributed by atoms with Crippen LogP contribution in [0.25, 0.3) is 10.2 Å². The predicted octanol–water partition coefficient (Wildman–Crippen LogP) is 4.86. The summed E-state index contributed by atoms with van der Waals surface area (Å²) >= 11 is 1.39. The second-order valence-corrected chi connectivity index (χ2v) is 9.40. The molecule has 2 aromatic carbocycles. The van der Waals surface area contributed by atoms with E-state index in [4.69, 9.17) is 4.74 Å². The molecule has 35 heavy (non-hydrogen) atoms. The van der Waals surface area contributed by atoms with E-state index in [1.807, 2.05) is 30.3 Å². The van der Waals surface area contributed by atoms with E-state index in [2.05, 4.69) is 37.0 Å². The van der Waals surface area contributed by atoms with Crippen LogP contribution in [0.1, 0.15) is 25.5 Å². The van der Waals surface area contributed by atoms with Gasteiger partial charge in [-0.1, -0.05) is 29.5 Å². The average molecular weight is 493 g/mol. The molecule has 1 unspecified atom stereocenters. The maximum Gasteiger partial charge on any atom is 0.224 e. The Morgan fingerprint density at radius 3 is 2.69 bits per heavy atom. The van der Waals surface area contributed by atoms with Crippen molar-refractivity contribution in [1.29, 1.82) is 0 Å². The Labute approximate surface area is 206 Å². The number of amides is 1. The molecule has 10 heteroatoms. The minimum absolute atomic E-state index is 0.137. The molecule has 1 aliphatic heterocycles. The van der Waals surface area contributed by atoms with Gasteiger partial charge in [0.25, 0.3) is 0 Å². The van der Waals surface area contributed by atoms with E-state index in [-0.39, 0.29) is 17.8 Å². The molecule has 0 radical (unpaired) electrons. The highest BCUT2D eigenvalue weighted by Crippen LogP contribution is 2.35. The molecule has 1 aliphatic rings. The lowest BCUT2D eigenvalue weighted by Gasteiger charge is -2.38. The smallest absolute Gasteiger partial charge is 0.224 e. The van der Waals surface area contributed by atoms with E-state index >= 15 is 0 Å². The van der Waals surface area contributed by atoms with Gasteiger partial charge in [0, 0.05) is 45.2 Å². The van der Waals surface area contributed by atoms with Crippen LogP contribution in [-0.4, -0.2) is 51.9 Å². The summed E-state index contributed by atoms with van der Waals surface area (Å²) in [5, 5.41) is 3.25. The molecule has 1 amide bonds. The topological polar surface area (TPSA) is 83.5 Å². The molecule has 1 fully saturated rings. The van der Waals surface area contributed by atoms with Gasteiger partial charge in [0.1, 0.15) is 23.5 Å². The summed E-state index contributed by atoms with van der Waals surface area (Å²) in [6.45, 7) is 6.81. The standard InChI is InChI=1S/C25H25FN6O2S/c1-16(18-5-3-6-19(26)13-18)31-9-11-32(12-10-31)22-14-23(28-15-27-22)34-20-7-4-8-21-24(20)30-25(35-21)29-17(2)33/h3-8,13-16H,9-12H2,1-2H3,(H,29,30,33). The number of rotatable bonds is 6. The number of piperazine rings is 1. The first-order chi connectivity index (χ1) is 17.0. The summed E-state index contributed by atoms with van der Waals surface area (Å²) in [4.78, 5) is 29.2. The molecule has 3 heterocycles. The normalized spacial score (nSPS) is 15.2. The quantitative estimate of drug-likeness (QED) is 0.412. The highest BCUT2D eigenvalue weighted by Gasteiger charge is 2.23. The van der Waals surface area contributed by atoms with E-state index in [1.54, 1.807) is 12.1 Å². The van der Waals surface area contributed by atoms with Gasteiger partial charge in [-0.25, -0.2) is 19.3 Å². The molecule has 180 valence electrons. The lowest BCUT2D eigenvalue weighted by atomic mass is 10.1. The van der Waals surface area contributed by atoms with Crippen LogP contribution in [0.5, 0.6) is 11.6 Å². The molecule has 2 aromatic heterocycles. The van der Waals surface area contributed by atoms with E-state index in [1.165, 1.54) is 30.7 Å². The lowest BCUT2D eigenvalue weighted by molar-refractivity contribution is -0.114. The molecule has 4 aromatic rings. The first-order valence-corrected chi connectivity index (χ1v) is 12.2. The number of nitrogens with zero attached hydrogens (tertiary/aromatic N) is 5. The minimum Gasteiger partial charge on any atom is -0.437 e. The van der Waals surface area contributed by atoms with E-state index < -0.39 is 0 Å². The molecule has 1 saturated heterocycles. The van der Waals surface area contributed by atoms with Gasteiger partial charge < -0.3 is 15.0 Å². The Bertz CT molecular complexity index is 1350. The van der Waals surface area contributed by atoms with Crippen molar-refractivity contribution in [3.05, 3.63) is 66.2 Å². The van der Waals surface area contributed by atoms with Gasteiger partial charge in [-0.15, -0.1) is 0 Å². The summed E-state index contributed by atoms with van der Waals surface area (Å²) in [6.07, 6.45) is 1.50. The van der Waals surface area contributed by atoms with Gasteiger partial charge in [-0.2, -0.15) is 0 Å². The second-order valence-electron chi connectivity index (χ2n) is 8.37. The zero-order chi connectivity index (χ0) is 24.4. The third-order valence-corrected chi connectivity index (χ3v) is 6.96. The van der Waals surface area contributed by atoms with Crippen LogP contribution in [0.3, 0.4) is 0 Å². The first kappa shape index (κ1) is 23.1. The van der Waals surface area contributed by atoms with Gasteiger partial charge >= 0.3 is 0 Å². The number of hydrogen-bond acceptors (Lipinski definition) is 8. The summed E-state index contributed by atoms with van der Waals surface area (Å²) in [5.41, 5.74) is 1.65. The first-order valence-electron chi connectivity index (χ1n) is 11.4. The maximum absolute atomic E-state index is 13.6. The van der Waals surface area contributed by atoms with Crippen LogP contribution in [0.4, 0.5) is 15.3 Å². The molecule has 0 saturated carbocycles. The summed E-state index contributed by atoms with van der Waals surface area (Å²) in [6, 6.07) is 14.4. The van der Waals surface area contributed by atoms with Crippen LogP contribution < -0.4 is 15.0 Å². The predicted molar refractivity (Wildman–Crippen MR) is 135 cm³/mol. The monoisotopic (exact) mass is 492 g/mol. The molecular formula is C25H25FN6O2S. The van der Waals surface area contributed by atoms with Gasteiger partial charge in [0.05, 0.1) is 4.70 Å². The number of para-hydroxylation sites is 1. The number of benzene rings is 2. The van der Waals surface area contributed by atoms with E-state index in [0.29, 0.717) is 22.3 Å². The molecule has 1 atom stereocenters. The van der Waals surface area contributed by atoms with Crippen molar-refractivity contribution in [2.75, 3.05) is 36.4 Å². The molecule has 8 nitrogen and oxygen atoms in total. The average Bonchev–Trinajstić information content (AvgIpc) is 3.27. The Morgan fingerprint density at radius 1 is 1.11 bits per heavy atom. The van der Waals surface area contributed by atoms with Crippen LogP contribution in [-0.2, 0) is 4.79 Å². The number of halogens is 1. The number of thiazole rings is 1. The number of nitrogens with one attached hydrogen (secondary N) is 1. The zero-order valence-electron chi connectivity index (χ0n) is 19.4. The van der Waals surface area contributed by atoms with Crippen LogP contribution in [0, 0.1) is 5.82 Å². The van der Waals surface area contributed by atoms with Crippen LogP contribution in [0.15, 0.2) is 54.9 Å². The molecule has 0 spiro atoms. The number of ether oxygens (including phenoxy) is 1. The van der Waals surface area contributed by atoms with E-state index in [9.17, 15) is 9.18 Å². The number of aromatic nitrogens is 3. The number of anilines is 2. The maximum atomic E-state index is 13.6. The fraction of sp³-hybridized carbons (Fsp3) is 0.280. The highest BCUT2D eigenvalue weighted by atomic mass is 32.1. The van der Waals surface area contributed by atoms with Crippen molar-refractivity contribution in [2.45, 2.75) is 19.9 Å². The van der Waals surface area contributed by atoms with Gasteiger partial charge in [0.15, 0.2) is 10.9 Å². The Kier molecular flexibility index (Phi) is 6.56. The Hall–Kier alpha value is -3.63. The molecule has 5 rings (SSSR count). The van der Waals surface area contributed by atoms with Gasteiger partial charge in [-0.3, -0.25) is 9.69 Å². The second kappa shape index (κ2) is 9.93.